The topological polar surface area (TPSA) is 66.8 Å². The quantitative estimate of drug-likeness (QED) is 0.867. The molecule has 1 aromatic rings. The Morgan fingerprint density at radius 2 is 1.86 bits per heavy atom. The normalized spacial score (nSPS) is 13.0. The molecule has 0 saturated carbocycles. The third kappa shape index (κ3) is 4.58. The molecular weight excluding hydrogens is 311 g/mol. The zero-order valence-corrected chi connectivity index (χ0v) is 12.3. The van der Waals surface area contributed by atoms with Gasteiger partial charge >= 0.3 is 6.36 Å². The summed E-state index contributed by atoms with van der Waals surface area (Å²) in [5.74, 6) is -0.798. The lowest BCUT2D eigenvalue weighted by Crippen LogP contribution is -2.39. The van der Waals surface area contributed by atoms with Crippen molar-refractivity contribution in [2.75, 3.05) is 13.2 Å². The third-order valence-corrected chi connectivity index (χ3v) is 4.67. The number of hydrogen-bond donors (Lipinski definition) is 1. The van der Waals surface area contributed by atoms with E-state index in [1.807, 2.05) is 0 Å². The minimum atomic E-state index is -4.99. The van der Waals surface area contributed by atoms with Gasteiger partial charge in [-0.1, -0.05) is 12.1 Å². The fraction of sp³-hybridized carbons (Fsp3) is 0.500. The van der Waals surface area contributed by atoms with E-state index in [9.17, 15) is 21.6 Å². The summed E-state index contributed by atoms with van der Waals surface area (Å²) in [6.45, 7) is 2.45. The lowest BCUT2D eigenvalue weighted by atomic mass is 10.3. The van der Waals surface area contributed by atoms with Crippen LogP contribution in [0.5, 0.6) is 5.75 Å². The number of aliphatic hydroxyl groups excluding tert-OH is 1. The predicted molar refractivity (Wildman–Crippen MR) is 69.2 cm³/mol. The van der Waals surface area contributed by atoms with Gasteiger partial charge in [-0.25, -0.2) is 8.42 Å². The summed E-state index contributed by atoms with van der Waals surface area (Å²) in [5, 5.41) is 8.93. The zero-order chi connectivity index (χ0) is 16.3. The van der Waals surface area contributed by atoms with Crippen LogP contribution < -0.4 is 4.74 Å². The van der Waals surface area contributed by atoms with E-state index in [1.165, 1.54) is 12.1 Å². The van der Waals surface area contributed by atoms with Gasteiger partial charge in [0.25, 0.3) is 0 Å². The van der Waals surface area contributed by atoms with Gasteiger partial charge in [-0.3, -0.25) is 0 Å². The van der Waals surface area contributed by atoms with Crippen molar-refractivity contribution in [2.24, 2.45) is 0 Å². The minimum Gasteiger partial charge on any atom is -0.404 e. The van der Waals surface area contributed by atoms with Crippen molar-refractivity contribution in [1.29, 1.82) is 0 Å². The number of alkyl halides is 3. The molecule has 0 saturated heterocycles. The van der Waals surface area contributed by atoms with Gasteiger partial charge in [-0.15, -0.1) is 13.2 Å². The summed E-state index contributed by atoms with van der Waals surface area (Å²) in [4.78, 5) is -0.593. The lowest BCUT2D eigenvalue weighted by molar-refractivity contribution is -0.275. The Bertz CT molecular complexity index is 572. The maximum absolute atomic E-state index is 12.4. The molecule has 0 aliphatic rings. The number of halogens is 3. The number of aliphatic hydroxyl groups is 1. The molecule has 0 unspecified atom stereocenters. The third-order valence-electron chi connectivity index (χ3n) is 2.56. The summed E-state index contributed by atoms with van der Waals surface area (Å²) >= 11 is 0. The molecule has 120 valence electrons. The molecule has 5 nitrogen and oxygen atoms in total. The zero-order valence-electron chi connectivity index (χ0n) is 11.5. The van der Waals surface area contributed by atoms with Gasteiger partial charge < -0.3 is 9.84 Å². The SMILES string of the molecule is CC(C)N(CCO)S(=O)(=O)c1ccccc1OC(F)(F)F. The second-order valence-corrected chi connectivity index (χ2v) is 6.29. The van der Waals surface area contributed by atoms with Crippen molar-refractivity contribution in [3.05, 3.63) is 24.3 Å². The fourth-order valence-electron chi connectivity index (χ4n) is 1.75. The molecule has 0 atom stereocenters. The molecule has 21 heavy (non-hydrogen) atoms. The Morgan fingerprint density at radius 3 is 2.33 bits per heavy atom. The summed E-state index contributed by atoms with van der Waals surface area (Å²) < 4.78 is 66.6. The predicted octanol–water partition coefficient (Wildman–Crippen LogP) is 1.98. The van der Waals surface area contributed by atoms with E-state index >= 15 is 0 Å². The van der Waals surface area contributed by atoms with E-state index < -0.39 is 39.7 Å². The molecule has 0 bridgehead atoms. The van der Waals surface area contributed by atoms with Crippen molar-refractivity contribution >= 4 is 10.0 Å². The summed E-state index contributed by atoms with van der Waals surface area (Å²) in [7, 11) is -4.22. The van der Waals surface area contributed by atoms with E-state index in [0.717, 1.165) is 16.4 Å². The monoisotopic (exact) mass is 327 g/mol. The van der Waals surface area contributed by atoms with E-state index in [4.69, 9.17) is 5.11 Å². The molecule has 0 aliphatic heterocycles. The Kier molecular flexibility index (Phi) is 5.60. The highest BCUT2D eigenvalue weighted by Gasteiger charge is 2.36. The van der Waals surface area contributed by atoms with Crippen LogP contribution in [-0.2, 0) is 10.0 Å². The van der Waals surface area contributed by atoms with Gasteiger partial charge in [0.1, 0.15) is 10.6 Å². The van der Waals surface area contributed by atoms with Crippen LogP contribution >= 0.6 is 0 Å². The first kappa shape index (κ1) is 17.7. The maximum atomic E-state index is 12.4. The van der Waals surface area contributed by atoms with E-state index in [1.54, 1.807) is 13.8 Å². The summed E-state index contributed by atoms with van der Waals surface area (Å²) in [5.41, 5.74) is 0. The van der Waals surface area contributed by atoms with Crippen LogP contribution in [0, 0.1) is 0 Å². The molecule has 1 rings (SSSR count). The largest absolute Gasteiger partial charge is 0.573 e. The minimum absolute atomic E-state index is 0.222. The molecule has 0 fully saturated rings. The second kappa shape index (κ2) is 6.63. The molecule has 0 radical (unpaired) electrons. The Balaban J connectivity index is 3.31. The smallest absolute Gasteiger partial charge is 0.404 e. The van der Waals surface area contributed by atoms with Crippen LogP contribution in [-0.4, -0.2) is 43.4 Å². The van der Waals surface area contributed by atoms with Crippen LogP contribution in [0.2, 0.25) is 0 Å². The number of ether oxygens (including phenoxy) is 1. The van der Waals surface area contributed by atoms with Gasteiger partial charge in [-0.2, -0.15) is 4.31 Å². The van der Waals surface area contributed by atoms with E-state index in [0.29, 0.717) is 0 Å². The van der Waals surface area contributed by atoms with Crippen molar-refractivity contribution in [1.82, 2.24) is 4.31 Å². The number of nitrogens with zero attached hydrogens (tertiary/aromatic N) is 1. The van der Waals surface area contributed by atoms with Crippen LogP contribution in [0.4, 0.5) is 13.2 Å². The van der Waals surface area contributed by atoms with Crippen molar-refractivity contribution in [2.45, 2.75) is 31.1 Å². The molecule has 0 amide bonds. The molecule has 0 spiro atoms. The Labute approximate surface area is 121 Å². The van der Waals surface area contributed by atoms with Crippen LogP contribution in [0.15, 0.2) is 29.2 Å². The molecule has 1 N–H and O–H groups in total. The standard InChI is InChI=1S/C12H16F3NO4S/c1-9(2)16(7-8-17)21(18,19)11-6-4-3-5-10(11)20-12(13,14)15/h3-6,9,17H,7-8H2,1-2H3. The van der Waals surface area contributed by atoms with Gasteiger partial charge in [0.05, 0.1) is 6.61 Å². The Hall–Kier alpha value is -1.32. The molecule has 9 heteroatoms. The first-order valence-corrected chi connectivity index (χ1v) is 7.51. The van der Waals surface area contributed by atoms with Gasteiger partial charge in [-0.05, 0) is 26.0 Å². The molecule has 0 aromatic heterocycles. The average Bonchev–Trinajstić information content (AvgIpc) is 2.33. The molecule has 1 aromatic carbocycles. The van der Waals surface area contributed by atoms with Crippen LogP contribution in [0.25, 0.3) is 0 Å². The van der Waals surface area contributed by atoms with Crippen molar-refractivity contribution < 1.29 is 31.4 Å². The highest BCUT2D eigenvalue weighted by Crippen LogP contribution is 2.31. The van der Waals surface area contributed by atoms with Crippen molar-refractivity contribution in [3.63, 3.8) is 0 Å². The number of hydrogen-bond acceptors (Lipinski definition) is 4. The number of benzene rings is 1. The van der Waals surface area contributed by atoms with Gasteiger partial charge in [0.15, 0.2) is 0 Å². The first-order valence-electron chi connectivity index (χ1n) is 6.07. The van der Waals surface area contributed by atoms with Gasteiger partial charge in [0, 0.05) is 12.6 Å². The fourth-order valence-corrected chi connectivity index (χ4v) is 3.50. The van der Waals surface area contributed by atoms with Crippen LogP contribution in [0.1, 0.15) is 13.8 Å². The number of rotatable bonds is 6. The average molecular weight is 327 g/mol. The second-order valence-electron chi connectivity index (χ2n) is 4.43. The molecule has 0 heterocycles. The number of para-hydroxylation sites is 1. The highest BCUT2D eigenvalue weighted by molar-refractivity contribution is 7.89. The van der Waals surface area contributed by atoms with Crippen LogP contribution in [0.3, 0.4) is 0 Å². The van der Waals surface area contributed by atoms with Gasteiger partial charge in [0.2, 0.25) is 10.0 Å². The summed E-state index contributed by atoms with van der Waals surface area (Å²) in [6.07, 6.45) is -4.99. The van der Waals surface area contributed by atoms with E-state index in [-0.39, 0.29) is 6.54 Å². The maximum Gasteiger partial charge on any atom is 0.573 e. The Morgan fingerprint density at radius 1 is 1.29 bits per heavy atom. The van der Waals surface area contributed by atoms with Crippen molar-refractivity contribution in [3.8, 4) is 5.75 Å². The first-order chi connectivity index (χ1) is 9.59. The molecule has 0 aliphatic carbocycles. The van der Waals surface area contributed by atoms with E-state index in [2.05, 4.69) is 4.74 Å². The number of sulfonamides is 1. The highest BCUT2D eigenvalue weighted by atomic mass is 32.2. The summed E-state index contributed by atoms with van der Waals surface area (Å²) in [6, 6.07) is 3.97. The molecular formula is C12H16F3NO4S. The lowest BCUT2D eigenvalue weighted by Gasteiger charge is -2.26.